The Hall–Kier alpha value is -0.970. The number of aliphatic carboxylic acids is 1. The fourth-order valence-electron chi connectivity index (χ4n) is 0.936. The molecule has 0 heterocycles. The maximum atomic E-state index is 10.4. The number of hydrogen-bond donors (Lipinski definition) is 1. The molecule has 0 saturated carbocycles. The molecule has 0 fully saturated rings. The zero-order valence-electron chi connectivity index (χ0n) is 7.22. The number of carbonyl (C=O) groups is 1. The van der Waals surface area contributed by atoms with E-state index in [-0.39, 0.29) is 11.8 Å². The molecule has 2 heteroatoms. The highest BCUT2D eigenvalue weighted by molar-refractivity contribution is 5.69. The Labute approximate surface area is 67.6 Å². The monoisotopic (exact) mass is 154 g/mol. The lowest BCUT2D eigenvalue weighted by Gasteiger charge is -2.07. The van der Waals surface area contributed by atoms with Gasteiger partial charge in [-0.15, -0.1) is 11.8 Å². The molecule has 2 nitrogen and oxygen atoms in total. The van der Waals surface area contributed by atoms with Gasteiger partial charge in [0.2, 0.25) is 0 Å². The summed E-state index contributed by atoms with van der Waals surface area (Å²) in [5.74, 6) is 4.85. The van der Waals surface area contributed by atoms with Gasteiger partial charge in [-0.2, -0.15) is 0 Å². The van der Waals surface area contributed by atoms with Crippen molar-refractivity contribution in [3.8, 4) is 11.8 Å². The molecule has 0 aromatic rings. The highest BCUT2D eigenvalue weighted by atomic mass is 16.4. The van der Waals surface area contributed by atoms with E-state index in [4.69, 9.17) is 5.11 Å². The maximum absolute atomic E-state index is 10.4. The summed E-state index contributed by atoms with van der Waals surface area (Å²) in [5.41, 5.74) is 0. The summed E-state index contributed by atoms with van der Waals surface area (Å²) in [6.07, 6.45) is 0.635. The third-order valence-corrected chi connectivity index (χ3v) is 1.52. The van der Waals surface area contributed by atoms with Crippen LogP contribution in [0.4, 0.5) is 0 Å². The highest BCUT2D eigenvalue weighted by Gasteiger charge is 2.12. The molecule has 0 aliphatic rings. The van der Waals surface area contributed by atoms with Crippen LogP contribution in [0.15, 0.2) is 0 Å². The van der Waals surface area contributed by atoms with Crippen LogP contribution < -0.4 is 0 Å². The Bertz CT molecular complexity index is 185. The Kier molecular flexibility index (Phi) is 4.36. The van der Waals surface area contributed by atoms with Gasteiger partial charge in [-0.25, -0.2) is 0 Å². The van der Waals surface area contributed by atoms with Gasteiger partial charge in [-0.3, -0.25) is 4.79 Å². The average Bonchev–Trinajstić information content (AvgIpc) is 1.87. The first-order valence-corrected chi connectivity index (χ1v) is 3.73. The van der Waals surface area contributed by atoms with Crippen molar-refractivity contribution in [3.63, 3.8) is 0 Å². The first-order valence-electron chi connectivity index (χ1n) is 3.73. The number of carboxylic acid groups (broad SMARTS) is 1. The molecule has 2 atom stereocenters. The molecular weight excluding hydrogens is 140 g/mol. The van der Waals surface area contributed by atoms with Crippen molar-refractivity contribution < 1.29 is 9.90 Å². The van der Waals surface area contributed by atoms with Crippen LogP contribution in [-0.2, 0) is 4.79 Å². The summed E-state index contributed by atoms with van der Waals surface area (Å²) in [7, 11) is 0. The van der Waals surface area contributed by atoms with Gasteiger partial charge in [-0.05, 0) is 13.3 Å². The van der Waals surface area contributed by atoms with Crippen molar-refractivity contribution >= 4 is 5.97 Å². The van der Waals surface area contributed by atoms with E-state index >= 15 is 0 Å². The second-order valence-electron chi connectivity index (χ2n) is 2.77. The molecule has 0 spiro atoms. The first kappa shape index (κ1) is 10.0. The van der Waals surface area contributed by atoms with E-state index in [9.17, 15) is 4.79 Å². The molecule has 11 heavy (non-hydrogen) atoms. The van der Waals surface area contributed by atoms with Crippen LogP contribution in [0.1, 0.15) is 27.2 Å². The minimum absolute atomic E-state index is 0.186. The summed E-state index contributed by atoms with van der Waals surface area (Å²) in [5, 5.41) is 8.55. The van der Waals surface area contributed by atoms with Crippen molar-refractivity contribution in [3.05, 3.63) is 0 Å². The minimum atomic E-state index is -0.741. The lowest BCUT2D eigenvalue weighted by molar-refractivity contribution is -0.141. The molecule has 0 radical (unpaired) electrons. The first-order chi connectivity index (χ1) is 5.07. The Morgan fingerprint density at radius 1 is 1.55 bits per heavy atom. The van der Waals surface area contributed by atoms with Crippen molar-refractivity contribution in [2.75, 3.05) is 0 Å². The van der Waals surface area contributed by atoms with Crippen molar-refractivity contribution in [2.24, 2.45) is 11.8 Å². The van der Waals surface area contributed by atoms with Crippen LogP contribution in [0.5, 0.6) is 0 Å². The van der Waals surface area contributed by atoms with E-state index in [1.165, 1.54) is 0 Å². The van der Waals surface area contributed by atoms with Gasteiger partial charge in [0, 0.05) is 5.92 Å². The van der Waals surface area contributed by atoms with Crippen molar-refractivity contribution in [1.82, 2.24) is 0 Å². The third kappa shape index (κ3) is 4.44. The summed E-state index contributed by atoms with van der Waals surface area (Å²) in [4.78, 5) is 10.4. The van der Waals surface area contributed by atoms with Gasteiger partial charge in [0.1, 0.15) is 0 Å². The van der Waals surface area contributed by atoms with Gasteiger partial charge in [0.15, 0.2) is 0 Å². The lowest BCUT2D eigenvalue weighted by atomic mass is 9.98. The van der Waals surface area contributed by atoms with Crippen LogP contribution in [-0.4, -0.2) is 11.1 Å². The van der Waals surface area contributed by atoms with Crippen LogP contribution in [0.2, 0.25) is 0 Å². The predicted octanol–water partition coefficient (Wildman–Crippen LogP) is 1.76. The zero-order valence-corrected chi connectivity index (χ0v) is 7.22. The molecule has 0 amide bonds. The number of carboxylic acids is 1. The topological polar surface area (TPSA) is 37.3 Å². The normalized spacial score (nSPS) is 14.5. The lowest BCUT2D eigenvalue weighted by Crippen LogP contribution is -2.12. The summed E-state index contributed by atoms with van der Waals surface area (Å²) in [6, 6.07) is 0. The number of hydrogen-bond acceptors (Lipinski definition) is 1. The highest BCUT2D eigenvalue weighted by Crippen LogP contribution is 2.10. The summed E-state index contributed by atoms with van der Waals surface area (Å²) in [6.45, 7) is 5.41. The van der Waals surface area contributed by atoms with Crippen molar-refractivity contribution in [1.29, 1.82) is 0 Å². The van der Waals surface area contributed by atoms with Gasteiger partial charge in [-0.1, -0.05) is 13.8 Å². The van der Waals surface area contributed by atoms with E-state index in [2.05, 4.69) is 11.8 Å². The van der Waals surface area contributed by atoms with Gasteiger partial charge in [0.05, 0.1) is 5.92 Å². The third-order valence-electron chi connectivity index (χ3n) is 1.52. The van der Waals surface area contributed by atoms with Crippen molar-refractivity contribution in [2.45, 2.75) is 27.2 Å². The SMILES string of the molecule is CC#C[C@@H](C)C[C@H](C)C(=O)O. The molecule has 0 bridgehead atoms. The molecule has 62 valence electrons. The zero-order chi connectivity index (χ0) is 8.85. The van der Waals surface area contributed by atoms with Gasteiger partial charge < -0.3 is 5.11 Å². The quantitative estimate of drug-likeness (QED) is 0.629. The van der Waals surface area contributed by atoms with Crippen LogP contribution >= 0.6 is 0 Å². The smallest absolute Gasteiger partial charge is 0.306 e. The second kappa shape index (κ2) is 4.79. The van der Waals surface area contributed by atoms with E-state index in [0.29, 0.717) is 6.42 Å². The minimum Gasteiger partial charge on any atom is -0.481 e. The predicted molar refractivity (Wildman–Crippen MR) is 44.0 cm³/mol. The maximum Gasteiger partial charge on any atom is 0.306 e. The Morgan fingerprint density at radius 3 is 2.45 bits per heavy atom. The molecule has 1 N–H and O–H groups in total. The van der Waals surface area contributed by atoms with Gasteiger partial charge >= 0.3 is 5.97 Å². The molecule has 0 aromatic heterocycles. The Morgan fingerprint density at radius 2 is 2.09 bits per heavy atom. The average molecular weight is 154 g/mol. The molecule has 0 saturated heterocycles. The number of rotatable bonds is 3. The standard InChI is InChI=1S/C9H14O2/c1-4-5-7(2)6-8(3)9(10)11/h7-8H,6H2,1-3H3,(H,10,11)/t7-,8+/m1/s1. The molecule has 0 aromatic carbocycles. The molecule has 0 aliphatic carbocycles. The van der Waals surface area contributed by atoms with E-state index < -0.39 is 5.97 Å². The fraction of sp³-hybridized carbons (Fsp3) is 0.667. The Balaban J connectivity index is 3.81. The summed E-state index contributed by atoms with van der Waals surface area (Å²) >= 11 is 0. The molecule has 0 unspecified atom stereocenters. The molecule has 0 rings (SSSR count). The summed E-state index contributed by atoms with van der Waals surface area (Å²) < 4.78 is 0. The second-order valence-corrected chi connectivity index (χ2v) is 2.77. The fourth-order valence-corrected chi connectivity index (χ4v) is 0.936. The molecular formula is C9H14O2. The van der Waals surface area contributed by atoms with Gasteiger partial charge in [0.25, 0.3) is 0 Å². The van der Waals surface area contributed by atoms with Crippen LogP contribution in [0, 0.1) is 23.7 Å². The van der Waals surface area contributed by atoms with E-state index in [1.54, 1.807) is 13.8 Å². The largest absolute Gasteiger partial charge is 0.481 e. The van der Waals surface area contributed by atoms with E-state index in [1.807, 2.05) is 6.92 Å². The molecule has 0 aliphatic heterocycles. The van der Waals surface area contributed by atoms with E-state index in [0.717, 1.165) is 0 Å². The van der Waals surface area contributed by atoms with Crippen LogP contribution in [0.3, 0.4) is 0 Å². The van der Waals surface area contributed by atoms with Crippen LogP contribution in [0.25, 0.3) is 0 Å².